The minimum Gasteiger partial charge on any atom is -0.390 e. The van der Waals surface area contributed by atoms with Gasteiger partial charge in [0.25, 0.3) is 0 Å². The highest BCUT2D eigenvalue weighted by Gasteiger charge is 2.32. The number of nitrogens with zero attached hydrogens (tertiary/aromatic N) is 2. The molecule has 0 aliphatic heterocycles. The maximum absolute atomic E-state index is 10.4. The topological polar surface area (TPSA) is 58.3 Å². The van der Waals surface area contributed by atoms with E-state index < -0.39 is 11.7 Å². The first-order chi connectivity index (χ1) is 9.01. The van der Waals surface area contributed by atoms with E-state index >= 15 is 0 Å². The number of fused-ring (bicyclic) bond motifs is 1. The van der Waals surface area contributed by atoms with Gasteiger partial charge in [-0.1, -0.05) is 32.0 Å². The van der Waals surface area contributed by atoms with Gasteiger partial charge in [-0.3, -0.25) is 4.68 Å². The molecule has 1 atom stereocenters. The van der Waals surface area contributed by atoms with Gasteiger partial charge in [-0.05, 0) is 18.9 Å². The van der Waals surface area contributed by atoms with Crippen molar-refractivity contribution in [1.82, 2.24) is 9.78 Å². The molecule has 1 aromatic carbocycles. The summed E-state index contributed by atoms with van der Waals surface area (Å²) < 4.78 is 1.81. The first-order valence-electron chi connectivity index (χ1n) is 6.83. The van der Waals surface area contributed by atoms with Gasteiger partial charge in [0.1, 0.15) is 0 Å². The van der Waals surface area contributed by atoms with Crippen molar-refractivity contribution < 1.29 is 10.2 Å². The molecule has 2 N–H and O–H groups in total. The standard InChI is InChI=1S/C15H22N2O2/c1-4-15(19,5-2)14(18)10-12-11-8-6-7-9-13(11)17(3)16-12/h6-9,14,18-19H,4-5,10H2,1-3H3. The largest absolute Gasteiger partial charge is 0.390 e. The van der Waals surface area contributed by atoms with Crippen molar-refractivity contribution in [2.45, 2.75) is 44.8 Å². The minimum atomic E-state index is -1.03. The van der Waals surface area contributed by atoms with E-state index in [0.29, 0.717) is 19.3 Å². The van der Waals surface area contributed by atoms with E-state index in [1.807, 2.05) is 49.8 Å². The number of aliphatic hydroxyl groups is 2. The van der Waals surface area contributed by atoms with Crippen molar-refractivity contribution in [1.29, 1.82) is 0 Å². The summed E-state index contributed by atoms with van der Waals surface area (Å²) in [6, 6.07) is 7.94. The van der Waals surface area contributed by atoms with Crippen molar-refractivity contribution in [3.05, 3.63) is 30.0 Å². The Bertz CT molecular complexity index is 558. The zero-order valence-electron chi connectivity index (χ0n) is 11.8. The summed E-state index contributed by atoms with van der Waals surface area (Å²) in [6.07, 6.45) is 0.658. The van der Waals surface area contributed by atoms with Crippen LogP contribution in [0.1, 0.15) is 32.4 Å². The lowest BCUT2D eigenvalue weighted by Gasteiger charge is -2.30. The van der Waals surface area contributed by atoms with Crippen LogP contribution in [0, 0.1) is 0 Å². The lowest BCUT2D eigenvalue weighted by molar-refractivity contribution is -0.0792. The number of aliphatic hydroxyl groups excluding tert-OH is 1. The molecular weight excluding hydrogens is 240 g/mol. The van der Waals surface area contributed by atoms with Gasteiger partial charge in [-0.2, -0.15) is 5.10 Å². The van der Waals surface area contributed by atoms with Crippen molar-refractivity contribution in [2.75, 3.05) is 0 Å². The van der Waals surface area contributed by atoms with Crippen LogP contribution in [0.2, 0.25) is 0 Å². The molecule has 4 nitrogen and oxygen atoms in total. The molecule has 0 aliphatic rings. The fraction of sp³-hybridized carbons (Fsp3) is 0.533. The van der Waals surface area contributed by atoms with Gasteiger partial charge in [0.15, 0.2) is 0 Å². The van der Waals surface area contributed by atoms with Gasteiger partial charge in [-0.15, -0.1) is 0 Å². The second-order valence-corrected chi connectivity index (χ2v) is 5.12. The third-order valence-electron chi connectivity index (χ3n) is 4.07. The SMILES string of the molecule is CCC(O)(CC)C(O)Cc1nn(C)c2ccccc12. The van der Waals surface area contributed by atoms with Gasteiger partial charge in [0.2, 0.25) is 0 Å². The van der Waals surface area contributed by atoms with Crippen LogP contribution < -0.4 is 0 Å². The molecule has 2 rings (SSSR count). The molecular formula is C15H22N2O2. The molecule has 104 valence electrons. The van der Waals surface area contributed by atoms with E-state index in [4.69, 9.17) is 0 Å². The summed E-state index contributed by atoms with van der Waals surface area (Å²) in [5, 5.41) is 26.1. The van der Waals surface area contributed by atoms with E-state index in [1.165, 1.54) is 0 Å². The molecule has 1 aromatic heterocycles. The Morgan fingerprint density at radius 1 is 1.26 bits per heavy atom. The Balaban J connectivity index is 2.31. The summed E-state index contributed by atoms with van der Waals surface area (Å²) in [5.74, 6) is 0. The van der Waals surface area contributed by atoms with Crippen LogP contribution in [0.4, 0.5) is 0 Å². The van der Waals surface area contributed by atoms with Crippen LogP contribution in [0.3, 0.4) is 0 Å². The van der Waals surface area contributed by atoms with Gasteiger partial charge in [0, 0.05) is 18.9 Å². The monoisotopic (exact) mass is 262 g/mol. The summed E-state index contributed by atoms with van der Waals surface area (Å²) in [5.41, 5.74) is 0.852. The Morgan fingerprint density at radius 2 is 1.89 bits per heavy atom. The molecule has 0 aliphatic carbocycles. The predicted molar refractivity (Wildman–Crippen MR) is 76.0 cm³/mol. The molecule has 2 aromatic rings. The second-order valence-electron chi connectivity index (χ2n) is 5.12. The summed E-state index contributed by atoms with van der Waals surface area (Å²) >= 11 is 0. The van der Waals surface area contributed by atoms with E-state index in [0.717, 1.165) is 16.6 Å². The highest BCUT2D eigenvalue weighted by Crippen LogP contribution is 2.25. The van der Waals surface area contributed by atoms with Crippen molar-refractivity contribution in [3.63, 3.8) is 0 Å². The van der Waals surface area contributed by atoms with Crippen LogP contribution >= 0.6 is 0 Å². The molecule has 0 radical (unpaired) electrons. The highest BCUT2D eigenvalue weighted by atomic mass is 16.3. The van der Waals surface area contributed by atoms with Gasteiger partial charge in [-0.25, -0.2) is 0 Å². The lowest BCUT2D eigenvalue weighted by Crippen LogP contribution is -2.42. The van der Waals surface area contributed by atoms with Gasteiger partial charge in [0.05, 0.1) is 22.9 Å². The molecule has 0 bridgehead atoms. The fourth-order valence-corrected chi connectivity index (χ4v) is 2.53. The van der Waals surface area contributed by atoms with Gasteiger partial charge < -0.3 is 10.2 Å². The van der Waals surface area contributed by atoms with E-state index in [1.54, 1.807) is 0 Å². The summed E-state index contributed by atoms with van der Waals surface area (Å²) in [6.45, 7) is 3.78. The van der Waals surface area contributed by atoms with Crippen molar-refractivity contribution in [3.8, 4) is 0 Å². The van der Waals surface area contributed by atoms with Crippen molar-refractivity contribution in [2.24, 2.45) is 7.05 Å². The Hall–Kier alpha value is -1.39. The van der Waals surface area contributed by atoms with Gasteiger partial charge >= 0.3 is 0 Å². The van der Waals surface area contributed by atoms with Crippen molar-refractivity contribution >= 4 is 10.9 Å². The zero-order valence-corrected chi connectivity index (χ0v) is 11.8. The number of para-hydroxylation sites is 1. The Labute approximate surface area is 113 Å². The number of rotatable bonds is 5. The van der Waals surface area contributed by atoms with Crippen LogP contribution in [0.25, 0.3) is 10.9 Å². The Morgan fingerprint density at radius 3 is 2.53 bits per heavy atom. The number of aryl methyl sites for hydroxylation is 1. The molecule has 0 amide bonds. The maximum Gasteiger partial charge on any atom is 0.0904 e. The van der Waals surface area contributed by atoms with Crippen LogP contribution in [0.5, 0.6) is 0 Å². The number of aromatic nitrogens is 2. The molecule has 1 heterocycles. The molecule has 1 unspecified atom stereocenters. The highest BCUT2D eigenvalue weighted by molar-refractivity contribution is 5.81. The predicted octanol–water partition coefficient (Wildman–Crippen LogP) is 2.03. The molecule has 0 saturated heterocycles. The lowest BCUT2D eigenvalue weighted by atomic mass is 9.88. The van der Waals surface area contributed by atoms with E-state index in [-0.39, 0.29) is 0 Å². The first kappa shape index (κ1) is 14.0. The zero-order chi connectivity index (χ0) is 14.0. The normalized spacial score (nSPS) is 13.9. The second kappa shape index (κ2) is 5.31. The summed E-state index contributed by atoms with van der Waals surface area (Å²) in [4.78, 5) is 0. The number of hydrogen-bond acceptors (Lipinski definition) is 3. The molecule has 4 heteroatoms. The first-order valence-corrected chi connectivity index (χ1v) is 6.83. The smallest absolute Gasteiger partial charge is 0.0904 e. The average Bonchev–Trinajstić information content (AvgIpc) is 2.75. The van der Waals surface area contributed by atoms with E-state index in [9.17, 15) is 10.2 Å². The van der Waals surface area contributed by atoms with Crippen LogP contribution in [0.15, 0.2) is 24.3 Å². The number of hydrogen-bond donors (Lipinski definition) is 2. The molecule has 0 saturated carbocycles. The summed E-state index contributed by atoms with van der Waals surface area (Å²) in [7, 11) is 1.89. The fourth-order valence-electron chi connectivity index (χ4n) is 2.53. The minimum absolute atomic E-state index is 0.375. The third-order valence-corrected chi connectivity index (χ3v) is 4.07. The molecule has 0 spiro atoms. The average molecular weight is 262 g/mol. The number of benzene rings is 1. The van der Waals surface area contributed by atoms with E-state index in [2.05, 4.69) is 5.10 Å². The maximum atomic E-state index is 10.4. The Kier molecular flexibility index (Phi) is 3.92. The molecule has 0 fully saturated rings. The van der Waals surface area contributed by atoms with Crippen LogP contribution in [-0.2, 0) is 13.5 Å². The molecule has 19 heavy (non-hydrogen) atoms. The quantitative estimate of drug-likeness (QED) is 0.866. The third kappa shape index (κ3) is 2.51. The van der Waals surface area contributed by atoms with Crippen LogP contribution in [-0.4, -0.2) is 31.7 Å².